The molecular weight excluding hydrogens is 342 g/mol. The summed E-state index contributed by atoms with van der Waals surface area (Å²) in [7, 11) is 0. The number of carbonyl (C=O) groups is 2. The standard InChI is InChI=1S/C8H8.C6H15N.C5H8O2.C3H4O2/c1-2-8-6-4-3-5-7-8;1-2-3-4-5-6-7;1-3-4(2)5(6)7;1-2-3(4)5/h2-7H,1H2;2-7H2,1H3;2-3H2,1H3,(H,6,7);2H,1H2,(H,4,5). The summed E-state index contributed by atoms with van der Waals surface area (Å²) < 4.78 is 0. The van der Waals surface area contributed by atoms with E-state index in [-0.39, 0.29) is 5.57 Å². The van der Waals surface area contributed by atoms with E-state index in [0.29, 0.717) is 6.42 Å². The molecule has 0 aromatic heterocycles. The fraction of sp³-hybridized carbons (Fsp3) is 0.364. The van der Waals surface area contributed by atoms with E-state index in [0.717, 1.165) is 12.6 Å². The summed E-state index contributed by atoms with van der Waals surface area (Å²) in [6.07, 6.45) is 8.35. The molecule has 0 amide bonds. The van der Waals surface area contributed by atoms with E-state index in [4.69, 9.17) is 15.9 Å². The number of hydrogen-bond acceptors (Lipinski definition) is 3. The number of hydrogen-bond donors (Lipinski definition) is 3. The van der Waals surface area contributed by atoms with E-state index in [1.54, 1.807) is 6.92 Å². The van der Waals surface area contributed by atoms with Crippen LogP contribution in [0.4, 0.5) is 0 Å². The Morgan fingerprint density at radius 2 is 1.56 bits per heavy atom. The molecule has 0 unspecified atom stereocenters. The van der Waals surface area contributed by atoms with E-state index >= 15 is 0 Å². The SMILES string of the molecule is C=C(CC)C(=O)O.C=CC(=O)O.C=Cc1ccccc1.CCCCCCN. The summed E-state index contributed by atoms with van der Waals surface area (Å²) in [5.41, 5.74) is 6.71. The molecule has 0 atom stereocenters. The smallest absolute Gasteiger partial charge is 0.330 e. The van der Waals surface area contributed by atoms with Crippen LogP contribution >= 0.6 is 0 Å². The number of benzene rings is 1. The van der Waals surface area contributed by atoms with E-state index < -0.39 is 11.9 Å². The number of carboxylic acid groups (broad SMARTS) is 2. The van der Waals surface area contributed by atoms with Crippen molar-refractivity contribution in [3.05, 3.63) is 67.3 Å². The summed E-state index contributed by atoms with van der Waals surface area (Å²) >= 11 is 0. The van der Waals surface area contributed by atoms with Gasteiger partial charge >= 0.3 is 11.9 Å². The summed E-state index contributed by atoms with van der Waals surface area (Å²) in [6.45, 7) is 14.7. The molecule has 1 aromatic rings. The maximum Gasteiger partial charge on any atom is 0.330 e. The molecule has 0 aliphatic carbocycles. The molecule has 0 aliphatic heterocycles. The van der Waals surface area contributed by atoms with Gasteiger partial charge in [0.1, 0.15) is 0 Å². The van der Waals surface area contributed by atoms with Crippen LogP contribution in [0.1, 0.15) is 51.5 Å². The molecule has 152 valence electrons. The van der Waals surface area contributed by atoms with Gasteiger partial charge in [-0.1, -0.05) is 89.3 Å². The van der Waals surface area contributed by atoms with Gasteiger partial charge in [0.05, 0.1) is 0 Å². The second-order valence-electron chi connectivity index (χ2n) is 5.27. The van der Waals surface area contributed by atoms with Crippen LogP contribution < -0.4 is 5.73 Å². The monoisotopic (exact) mass is 377 g/mol. The Morgan fingerprint density at radius 3 is 1.78 bits per heavy atom. The normalized spacial score (nSPS) is 8.26. The zero-order valence-corrected chi connectivity index (χ0v) is 16.7. The quantitative estimate of drug-likeness (QED) is 0.430. The average Bonchev–Trinajstić information content (AvgIpc) is 2.69. The first-order valence-electron chi connectivity index (χ1n) is 8.94. The van der Waals surface area contributed by atoms with Gasteiger partial charge in [-0.3, -0.25) is 0 Å². The van der Waals surface area contributed by atoms with Crippen LogP contribution in [-0.2, 0) is 9.59 Å². The van der Waals surface area contributed by atoms with Gasteiger partial charge in [-0.25, -0.2) is 9.59 Å². The molecule has 0 fully saturated rings. The molecule has 5 nitrogen and oxygen atoms in total. The third-order valence-corrected chi connectivity index (χ3v) is 3.00. The molecular formula is C22H35NO4. The number of rotatable bonds is 8. The predicted molar refractivity (Wildman–Crippen MR) is 115 cm³/mol. The Hall–Kier alpha value is -2.66. The lowest BCUT2D eigenvalue weighted by atomic mass is 10.2. The van der Waals surface area contributed by atoms with Crippen molar-refractivity contribution in [2.45, 2.75) is 46.0 Å². The van der Waals surface area contributed by atoms with Gasteiger partial charge in [0.2, 0.25) is 0 Å². The average molecular weight is 378 g/mol. The Balaban J connectivity index is -0.000000289. The first kappa shape index (κ1) is 29.1. The van der Waals surface area contributed by atoms with Crippen molar-refractivity contribution in [1.82, 2.24) is 0 Å². The second kappa shape index (κ2) is 23.3. The van der Waals surface area contributed by atoms with E-state index in [9.17, 15) is 9.59 Å². The van der Waals surface area contributed by atoms with Crippen LogP contribution in [0.25, 0.3) is 6.08 Å². The van der Waals surface area contributed by atoms with Crippen LogP contribution in [0, 0.1) is 0 Å². The third kappa shape index (κ3) is 28.4. The van der Waals surface area contributed by atoms with Gasteiger partial charge in [-0.05, 0) is 24.9 Å². The second-order valence-corrected chi connectivity index (χ2v) is 5.27. The summed E-state index contributed by atoms with van der Waals surface area (Å²) in [6, 6.07) is 10.0. The highest BCUT2D eigenvalue weighted by molar-refractivity contribution is 5.85. The molecule has 0 saturated heterocycles. The molecule has 4 N–H and O–H groups in total. The molecule has 1 aromatic carbocycles. The highest BCUT2D eigenvalue weighted by atomic mass is 16.4. The number of unbranched alkanes of at least 4 members (excludes halogenated alkanes) is 3. The van der Waals surface area contributed by atoms with Gasteiger partial charge in [0.15, 0.2) is 0 Å². The summed E-state index contributed by atoms with van der Waals surface area (Å²) in [5, 5.41) is 15.7. The topological polar surface area (TPSA) is 101 Å². The summed E-state index contributed by atoms with van der Waals surface area (Å²) in [4.78, 5) is 19.1. The van der Waals surface area contributed by atoms with Crippen LogP contribution in [0.2, 0.25) is 0 Å². The lowest BCUT2D eigenvalue weighted by molar-refractivity contribution is -0.133. The zero-order chi connectivity index (χ0) is 21.5. The fourth-order valence-corrected chi connectivity index (χ4v) is 1.31. The summed E-state index contributed by atoms with van der Waals surface area (Å²) in [5.74, 6) is -1.88. The maximum atomic E-state index is 9.83. The minimum absolute atomic E-state index is 0.264. The van der Waals surface area contributed by atoms with E-state index in [1.165, 1.54) is 31.2 Å². The van der Waals surface area contributed by atoms with Gasteiger partial charge < -0.3 is 15.9 Å². The molecule has 27 heavy (non-hydrogen) atoms. The van der Waals surface area contributed by atoms with Gasteiger partial charge in [-0.15, -0.1) is 0 Å². The highest BCUT2D eigenvalue weighted by Crippen LogP contribution is 1.97. The number of carboxylic acids is 2. The van der Waals surface area contributed by atoms with Crippen LogP contribution in [-0.4, -0.2) is 28.7 Å². The van der Waals surface area contributed by atoms with E-state index in [1.807, 2.05) is 36.4 Å². The molecule has 0 aliphatic rings. The number of nitrogens with two attached hydrogens (primary N) is 1. The minimum Gasteiger partial charge on any atom is -0.478 e. The van der Waals surface area contributed by atoms with Crippen LogP contribution in [0.3, 0.4) is 0 Å². The third-order valence-electron chi connectivity index (χ3n) is 3.00. The highest BCUT2D eigenvalue weighted by Gasteiger charge is 1.96. The minimum atomic E-state index is -0.981. The first-order chi connectivity index (χ1) is 12.8. The first-order valence-corrected chi connectivity index (χ1v) is 8.94. The molecule has 0 bridgehead atoms. The lowest BCUT2D eigenvalue weighted by Gasteiger charge is -1.90. The van der Waals surface area contributed by atoms with Crippen molar-refractivity contribution >= 4 is 18.0 Å². The molecule has 0 spiro atoms. The maximum absolute atomic E-state index is 9.83. The van der Waals surface area contributed by atoms with Crippen molar-refractivity contribution < 1.29 is 19.8 Å². The van der Waals surface area contributed by atoms with Crippen molar-refractivity contribution in [2.75, 3.05) is 6.54 Å². The zero-order valence-electron chi connectivity index (χ0n) is 16.7. The van der Waals surface area contributed by atoms with E-state index in [2.05, 4.69) is 26.7 Å². The van der Waals surface area contributed by atoms with Crippen LogP contribution in [0.15, 0.2) is 61.7 Å². The molecule has 5 heteroatoms. The van der Waals surface area contributed by atoms with Gasteiger partial charge in [0, 0.05) is 11.6 Å². The van der Waals surface area contributed by atoms with Crippen molar-refractivity contribution in [1.29, 1.82) is 0 Å². The predicted octanol–water partition coefficient (Wildman–Crippen LogP) is 5.15. The Bertz CT molecular complexity index is 520. The molecule has 0 saturated carbocycles. The Morgan fingerprint density at radius 1 is 1.04 bits per heavy atom. The van der Waals surface area contributed by atoms with Crippen molar-refractivity contribution in [3.8, 4) is 0 Å². The Labute approximate surface area is 163 Å². The molecule has 1 rings (SSSR count). The van der Waals surface area contributed by atoms with Crippen molar-refractivity contribution in [2.24, 2.45) is 5.73 Å². The van der Waals surface area contributed by atoms with Crippen molar-refractivity contribution in [3.63, 3.8) is 0 Å². The fourth-order valence-electron chi connectivity index (χ4n) is 1.31. The molecule has 0 heterocycles. The van der Waals surface area contributed by atoms with Gasteiger partial charge in [-0.2, -0.15) is 0 Å². The molecule has 0 radical (unpaired) electrons. The Kier molecular flexibility index (Phi) is 25.2. The largest absolute Gasteiger partial charge is 0.478 e. The number of aliphatic carboxylic acids is 2. The van der Waals surface area contributed by atoms with Crippen LogP contribution in [0.5, 0.6) is 0 Å². The lowest BCUT2D eigenvalue weighted by Crippen LogP contribution is -1.97. The van der Waals surface area contributed by atoms with Gasteiger partial charge in [0.25, 0.3) is 0 Å².